The first kappa shape index (κ1) is 22.9. The maximum absolute atomic E-state index is 11.9. The second-order valence-electron chi connectivity index (χ2n) is 4.20. The highest BCUT2D eigenvalue weighted by atomic mass is 79.9. The van der Waals surface area contributed by atoms with Gasteiger partial charge in [-0.25, -0.2) is 0 Å². The highest BCUT2D eigenvalue weighted by Crippen LogP contribution is 2.31. The minimum Gasteiger partial charge on any atom is -0.507 e. The Bertz CT molecular complexity index is 635. The Balaban J connectivity index is 0.000000823. The Morgan fingerprint density at radius 1 is 1.24 bits per heavy atom. The lowest BCUT2D eigenvalue weighted by Crippen LogP contribution is -2.34. The highest BCUT2D eigenvalue weighted by Gasteiger charge is 2.30. The van der Waals surface area contributed by atoms with Gasteiger partial charge in [0.05, 0.1) is 15.9 Å². The number of nitrogens with two attached hydrogens (primary N) is 1. The van der Waals surface area contributed by atoms with Gasteiger partial charge < -0.3 is 16.2 Å². The molecule has 0 fully saturated rings. The molecule has 1 amide bonds. The summed E-state index contributed by atoms with van der Waals surface area (Å²) in [4.78, 5) is 21.2. The molecular formula is C11H10BrF6N3O4. The Hall–Kier alpha value is -2.09. The fourth-order valence-electron chi connectivity index (χ4n) is 1.16. The van der Waals surface area contributed by atoms with Gasteiger partial charge in [0, 0.05) is 12.1 Å². The van der Waals surface area contributed by atoms with Crippen molar-refractivity contribution in [1.82, 2.24) is 5.32 Å². The van der Waals surface area contributed by atoms with E-state index in [2.05, 4.69) is 21.7 Å². The van der Waals surface area contributed by atoms with Crippen LogP contribution in [0.4, 0.5) is 32.0 Å². The van der Waals surface area contributed by atoms with Crippen molar-refractivity contribution in [1.29, 1.82) is 0 Å². The SMILES string of the molecule is NCC(F)(F)F.O=C(NCC(F)(F)F)c1cc(O)c(Br)cc1[N+](=O)[O-]. The zero-order valence-electron chi connectivity index (χ0n) is 11.9. The molecule has 0 radical (unpaired) electrons. The van der Waals surface area contributed by atoms with Gasteiger partial charge in [-0.2, -0.15) is 26.3 Å². The molecule has 0 spiro atoms. The van der Waals surface area contributed by atoms with Crippen LogP contribution >= 0.6 is 15.9 Å². The van der Waals surface area contributed by atoms with Gasteiger partial charge >= 0.3 is 12.4 Å². The topological polar surface area (TPSA) is 118 Å². The third kappa shape index (κ3) is 9.09. The molecule has 0 atom stereocenters. The van der Waals surface area contributed by atoms with Gasteiger partial charge in [-0.05, 0) is 15.9 Å². The fraction of sp³-hybridized carbons (Fsp3) is 0.364. The van der Waals surface area contributed by atoms with Crippen molar-refractivity contribution in [3.8, 4) is 5.75 Å². The molecule has 0 aliphatic rings. The summed E-state index contributed by atoms with van der Waals surface area (Å²) in [5.74, 6) is -1.80. The molecule has 0 saturated carbocycles. The Kier molecular flexibility index (Phi) is 8.11. The van der Waals surface area contributed by atoms with Crippen molar-refractivity contribution in [2.75, 3.05) is 13.1 Å². The molecule has 0 aliphatic carbocycles. The van der Waals surface area contributed by atoms with Crippen molar-refractivity contribution >= 4 is 27.5 Å². The van der Waals surface area contributed by atoms with Crippen LogP contribution in [0.25, 0.3) is 0 Å². The molecule has 25 heavy (non-hydrogen) atoms. The summed E-state index contributed by atoms with van der Waals surface area (Å²) in [6.45, 7) is -2.85. The number of halogens is 7. The Morgan fingerprint density at radius 3 is 2.08 bits per heavy atom. The lowest BCUT2D eigenvalue weighted by molar-refractivity contribution is -0.385. The van der Waals surface area contributed by atoms with Crippen molar-refractivity contribution in [2.45, 2.75) is 12.4 Å². The second-order valence-corrected chi connectivity index (χ2v) is 5.05. The number of nitrogens with zero attached hydrogens (tertiary/aromatic N) is 1. The average molecular weight is 442 g/mol. The molecule has 0 heterocycles. The highest BCUT2D eigenvalue weighted by molar-refractivity contribution is 9.10. The summed E-state index contributed by atoms with van der Waals surface area (Å²) in [7, 11) is 0. The molecule has 1 aromatic rings. The number of amides is 1. The summed E-state index contributed by atoms with van der Waals surface area (Å²) in [6.07, 6.45) is -8.82. The number of carbonyl (C=O) groups excluding carboxylic acids is 1. The molecule has 1 aromatic carbocycles. The average Bonchev–Trinajstić information content (AvgIpc) is 2.46. The molecule has 0 unspecified atom stereocenters. The predicted octanol–water partition coefficient (Wildman–Crippen LogP) is 2.86. The first-order valence-electron chi connectivity index (χ1n) is 5.96. The van der Waals surface area contributed by atoms with Crippen LogP contribution in [0.3, 0.4) is 0 Å². The van der Waals surface area contributed by atoms with Gasteiger partial charge in [-0.3, -0.25) is 14.9 Å². The minimum atomic E-state index is -4.64. The molecule has 7 nitrogen and oxygen atoms in total. The number of nitro benzene ring substituents is 1. The van der Waals surface area contributed by atoms with E-state index in [1.807, 2.05) is 0 Å². The summed E-state index contributed by atoms with van der Waals surface area (Å²) in [6, 6.07) is 1.55. The number of benzene rings is 1. The van der Waals surface area contributed by atoms with E-state index in [9.17, 15) is 46.4 Å². The van der Waals surface area contributed by atoms with E-state index in [4.69, 9.17) is 0 Å². The summed E-state index contributed by atoms with van der Waals surface area (Å²) in [5.41, 5.74) is 2.80. The van der Waals surface area contributed by atoms with Crippen LogP contribution in [-0.4, -0.2) is 41.4 Å². The van der Waals surface area contributed by atoms with Crippen LogP contribution in [0.2, 0.25) is 0 Å². The van der Waals surface area contributed by atoms with Crippen LogP contribution in [-0.2, 0) is 0 Å². The Labute approximate surface area is 144 Å². The van der Waals surface area contributed by atoms with E-state index >= 15 is 0 Å². The van der Waals surface area contributed by atoms with E-state index in [0.717, 1.165) is 6.07 Å². The van der Waals surface area contributed by atoms with Gasteiger partial charge in [0.1, 0.15) is 17.9 Å². The Morgan fingerprint density at radius 2 is 1.72 bits per heavy atom. The molecule has 4 N–H and O–H groups in total. The molecule has 0 bridgehead atoms. The van der Waals surface area contributed by atoms with Gasteiger partial charge in [0.2, 0.25) is 0 Å². The normalized spacial score (nSPS) is 11.4. The van der Waals surface area contributed by atoms with Crippen LogP contribution in [0, 0.1) is 10.1 Å². The lowest BCUT2D eigenvalue weighted by Gasteiger charge is -2.09. The molecule has 14 heteroatoms. The third-order valence-corrected chi connectivity index (χ3v) is 2.82. The van der Waals surface area contributed by atoms with E-state index in [1.165, 1.54) is 5.32 Å². The van der Waals surface area contributed by atoms with Crippen molar-refractivity contribution in [3.63, 3.8) is 0 Å². The number of carbonyl (C=O) groups is 1. The number of nitro groups is 1. The number of phenols is 1. The predicted molar refractivity (Wildman–Crippen MR) is 76.0 cm³/mol. The number of aromatic hydroxyl groups is 1. The number of hydrogen-bond donors (Lipinski definition) is 3. The zero-order chi connectivity index (χ0) is 20.0. The van der Waals surface area contributed by atoms with Crippen molar-refractivity contribution in [2.24, 2.45) is 5.73 Å². The number of alkyl halides is 6. The largest absolute Gasteiger partial charge is 0.507 e. The number of hydrogen-bond acceptors (Lipinski definition) is 5. The summed E-state index contributed by atoms with van der Waals surface area (Å²) >= 11 is 2.80. The van der Waals surface area contributed by atoms with Crippen molar-refractivity contribution in [3.05, 3.63) is 32.3 Å². The lowest BCUT2D eigenvalue weighted by atomic mass is 10.1. The maximum Gasteiger partial charge on any atom is 0.405 e. The minimum absolute atomic E-state index is 0.0495. The smallest absolute Gasteiger partial charge is 0.405 e. The molecule has 0 saturated heterocycles. The molecule has 1 rings (SSSR count). The van der Waals surface area contributed by atoms with Gasteiger partial charge in [-0.15, -0.1) is 0 Å². The van der Waals surface area contributed by atoms with Crippen LogP contribution in [0.15, 0.2) is 16.6 Å². The van der Waals surface area contributed by atoms with Gasteiger partial charge in [-0.1, -0.05) is 0 Å². The first-order valence-corrected chi connectivity index (χ1v) is 6.76. The monoisotopic (exact) mass is 441 g/mol. The van der Waals surface area contributed by atoms with Crippen LogP contribution in [0.5, 0.6) is 5.75 Å². The number of rotatable bonds is 3. The first-order chi connectivity index (χ1) is 11.2. The van der Waals surface area contributed by atoms with E-state index in [1.54, 1.807) is 0 Å². The number of phenolic OH excluding ortho intramolecular Hbond substituents is 1. The molecule has 142 valence electrons. The number of nitrogens with one attached hydrogen (secondary N) is 1. The van der Waals surface area contributed by atoms with E-state index in [-0.39, 0.29) is 4.47 Å². The fourth-order valence-corrected chi connectivity index (χ4v) is 1.49. The van der Waals surface area contributed by atoms with Crippen LogP contribution in [0.1, 0.15) is 10.4 Å². The van der Waals surface area contributed by atoms with E-state index in [0.29, 0.717) is 6.07 Å². The summed E-state index contributed by atoms with van der Waals surface area (Å²) in [5, 5.41) is 21.5. The molecule has 0 aromatic heterocycles. The van der Waals surface area contributed by atoms with Gasteiger partial charge in [0.15, 0.2) is 0 Å². The third-order valence-electron chi connectivity index (χ3n) is 2.19. The standard InChI is InChI=1S/C9H6BrF3N2O4.C2H4F3N/c10-5-2-6(15(18)19)4(1-7(5)16)8(17)14-3-9(11,12)13;3-2(4,5)1-6/h1-2,16H,3H2,(H,14,17);1,6H2. The second kappa shape index (κ2) is 8.84. The maximum atomic E-state index is 11.9. The van der Waals surface area contributed by atoms with Crippen LogP contribution < -0.4 is 11.1 Å². The zero-order valence-corrected chi connectivity index (χ0v) is 13.5. The van der Waals surface area contributed by atoms with Crippen molar-refractivity contribution < 1.29 is 41.2 Å². The van der Waals surface area contributed by atoms with Gasteiger partial charge in [0.25, 0.3) is 11.6 Å². The van der Waals surface area contributed by atoms with E-state index < -0.39 is 53.3 Å². The molecular weight excluding hydrogens is 432 g/mol. The summed E-state index contributed by atoms with van der Waals surface area (Å²) < 4.78 is 67.7. The quantitative estimate of drug-likeness (QED) is 0.378. The molecule has 0 aliphatic heterocycles.